The van der Waals surface area contributed by atoms with Gasteiger partial charge in [-0.15, -0.1) is 0 Å². The fraction of sp³-hybridized carbons (Fsp3) is 0.933. The van der Waals surface area contributed by atoms with Gasteiger partial charge < -0.3 is 20.3 Å². The zero-order valence-electron chi connectivity index (χ0n) is 64.9. The maximum absolute atomic E-state index is 12.6. The number of aliphatic hydroxyl groups excluding tert-OH is 2. The zero-order chi connectivity index (χ0) is 68.4. The normalized spacial score (nSPS) is 12.5. The lowest BCUT2D eigenvalue weighted by atomic mass is 10.0. The summed E-state index contributed by atoms with van der Waals surface area (Å²) in [6, 6.07) is -0.541. The van der Waals surface area contributed by atoms with Crippen LogP contribution in [0.2, 0.25) is 0 Å². The van der Waals surface area contributed by atoms with Crippen LogP contribution in [-0.2, 0) is 14.3 Å². The summed E-state index contributed by atoms with van der Waals surface area (Å²) < 4.78 is 5.52. The Morgan fingerprint density at radius 1 is 0.295 bits per heavy atom. The minimum Gasteiger partial charge on any atom is -0.466 e. The Bertz CT molecular complexity index is 1500. The lowest BCUT2D eigenvalue weighted by Gasteiger charge is -2.22. The highest BCUT2D eigenvalue weighted by atomic mass is 16.5. The van der Waals surface area contributed by atoms with Crippen molar-refractivity contribution in [3.63, 3.8) is 0 Å². The van der Waals surface area contributed by atoms with Crippen LogP contribution in [0.4, 0.5) is 0 Å². The first-order valence-corrected chi connectivity index (χ1v) is 44.1. The van der Waals surface area contributed by atoms with Gasteiger partial charge in [-0.1, -0.05) is 462 Å². The molecule has 6 nitrogen and oxygen atoms in total. The van der Waals surface area contributed by atoms with E-state index in [1.165, 1.54) is 430 Å². The quantitative estimate of drug-likeness (QED) is 0.0320. The molecule has 95 heavy (non-hydrogen) atoms. The average Bonchev–Trinajstić information content (AvgIpc) is 3.31. The van der Waals surface area contributed by atoms with Crippen molar-refractivity contribution in [2.24, 2.45) is 0 Å². The molecule has 1 amide bonds. The Kier molecular flexibility index (Phi) is 83.3. The van der Waals surface area contributed by atoms with Crippen LogP contribution in [0.5, 0.6) is 0 Å². The number of esters is 1. The van der Waals surface area contributed by atoms with Crippen LogP contribution in [0.15, 0.2) is 24.3 Å². The first-order chi connectivity index (χ1) is 47.0. The summed E-state index contributed by atoms with van der Waals surface area (Å²) in [5.74, 6) is -0.00155. The Hall–Kier alpha value is -1.66. The van der Waals surface area contributed by atoms with Crippen LogP contribution in [0.1, 0.15) is 508 Å². The van der Waals surface area contributed by atoms with Gasteiger partial charge in [0.25, 0.3) is 0 Å². The highest BCUT2D eigenvalue weighted by Crippen LogP contribution is 2.21. The van der Waals surface area contributed by atoms with E-state index in [0.717, 1.165) is 44.9 Å². The fourth-order valence-electron chi connectivity index (χ4n) is 14.3. The van der Waals surface area contributed by atoms with Crippen molar-refractivity contribution in [3.8, 4) is 0 Å². The van der Waals surface area contributed by atoms with E-state index in [1.54, 1.807) is 0 Å². The summed E-state index contributed by atoms with van der Waals surface area (Å²) in [7, 11) is 0. The number of unbranched alkanes of at least 4 members (excludes halogenated alkanes) is 69. The third kappa shape index (κ3) is 81.2. The largest absolute Gasteiger partial charge is 0.466 e. The van der Waals surface area contributed by atoms with Gasteiger partial charge in [0.05, 0.1) is 25.4 Å². The van der Waals surface area contributed by atoms with E-state index in [1.807, 2.05) is 0 Å². The first-order valence-electron chi connectivity index (χ1n) is 44.1. The molecule has 564 valence electrons. The van der Waals surface area contributed by atoms with E-state index in [9.17, 15) is 19.8 Å². The monoisotopic (exact) mass is 1340 g/mol. The topological polar surface area (TPSA) is 95.9 Å². The van der Waals surface area contributed by atoms with Gasteiger partial charge >= 0.3 is 5.97 Å². The standard InChI is InChI=1S/C89H173NO5/c1-3-5-7-9-11-13-15-17-19-21-23-24-40-43-46-49-53-57-61-65-69-73-77-81-87(92)86(85-91)90-88(93)82-78-74-70-66-62-58-54-50-47-44-41-38-36-34-32-30-28-26-25-27-29-31-33-35-37-39-42-45-48-52-56-60-64-68-72-76-80-84-95-89(94)83-79-75-71-67-63-59-55-51-22-20-18-16-14-12-10-8-6-4-2/h25,27,31,33,86-87,91-92H,3-24,26,28-30,32,34-85H2,1-2H3,(H,90,93)/b27-25-,33-31-. The van der Waals surface area contributed by atoms with E-state index < -0.39 is 12.1 Å². The SMILES string of the molecule is CCCCCCCCCCCCCCCCCCCCCCCCCC(O)C(CO)NC(=O)CCCCCCCCCCCCCCCCCCC/C=C\C/C=C\CCCCCCCCCCCCCCCOC(=O)CCCCCCCCCCCCCCCCCCCC. The number of carbonyl (C=O) groups is 2. The third-order valence-corrected chi connectivity index (χ3v) is 21.0. The summed E-state index contributed by atoms with van der Waals surface area (Å²) in [4.78, 5) is 24.7. The van der Waals surface area contributed by atoms with E-state index >= 15 is 0 Å². The predicted molar refractivity (Wildman–Crippen MR) is 421 cm³/mol. The first kappa shape index (κ1) is 93.3. The molecule has 0 aromatic heterocycles. The summed E-state index contributed by atoms with van der Waals surface area (Å²) in [5.41, 5.74) is 0. The molecule has 0 aliphatic rings. The van der Waals surface area contributed by atoms with Crippen LogP contribution in [0.3, 0.4) is 0 Å². The van der Waals surface area contributed by atoms with Crippen molar-refractivity contribution in [2.45, 2.75) is 520 Å². The van der Waals surface area contributed by atoms with Gasteiger partial charge in [-0.3, -0.25) is 9.59 Å². The molecule has 0 aromatic rings. The molecule has 2 unspecified atom stereocenters. The van der Waals surface area contributed by atoms with Crippen molar-refractivity contribution >= 4 is 11.9 Å². The van der Waals surface area contributed by atoms with Gasteiger partial charge in [-0.05, 0) is 57.8 Å². The molecule has 0 saturated heterocycles. The Balaban J connectivity index is 3.35. The number of hydrogen-bond acceptors (Lipinski definition) is 5. The van der Waals surface area contributed by atoms with E-state index in [4.69, 9.17) is 4.74 Å². The molecular weight excluding hydrogens is 1160 g/mol. The van der Waals surface area contributed by atoms with Crippen molar-refractivity contribution < 1.29 is 24.5 Å². The second-order valence-corrected chi connectivity index (χ2v) is 30.6. The molecule has 6 heteroatoms. The summed E-state index contributed by atoms with van der Waals surface area (Å²) in [6.45, 7) is 5.02. The number of hydrogen-bond donors (Lipinski definition) is 3. The molecule has 0 rings (SSSR count). The molecule has 0 saturated carbocycles. The smallest absolute Gasteiger partial charge is 0.305 e. The number of rotatable bonds is 84. The second kappa shape index (κ2) is 84.8. The Morgan fingerprint density at radius 2 is 0.526 bits per heavy atom. The van der Waals surface area contributed by atoms with Crippen LogP contribution >= 0.6 is 0 Å². The van der Waals surface area contributed by atoms with E-state index in [-0.39, 0.29) is 18.5 Å². The van der Waals surface area contributed by atoms with Crippen molar-refractivity contribution in [1.82, 2.24) is 5.32 Å². The number of allylic oxidation sites excluding steroid dienone is 4. The maximum Gasteiger partial charge on any atom is 0.305 e. The van der Waals surface area contributed by atoms with Gasteiger partial charge in [0.15, 0.2) is 0 Å². The molecule has 0 aromatic carbocycles. The molecule has 3 N–H and O–H groups in total. The number of nitrogens with one attached hydrogen (secondary N) is 1. The summed E-state index contributed by atoms with van der Waals surface area (Å²) in [6.07, 6.45) is 110. The molecule has 0 heterocycles. The predicted octanol–water partition coefficient (Wildman–Crippen LogP) is 29.6. The van der Waals surface area contributed by atoms with Crippen LogP contribution in [0.25, 0.3) is 0 Å². The molecule has 2 atom stereocenters. The molecule has 0 radical (unpaired) electrons. The van der Waals surface area contributed by atoms with Crippen molar-refractivity contribution in [1.29, 1.82) is 0 Å². The van der Waals surface area contributed by atoms with Gasteiger partial charge in [-0.25, -0.2) is 0 Å². The van der Waals surface area contributed by atoms with Gasteiger partial charge in [0.1, 0.15) is 0 Å². The zero-order valence-corrected chi connectivity index (χ0v) is 64.9. The summed E-state index contributed by atoms with van der Waals surface area (Å²) >= 11 is 0. The van der Waals surface area contributed by atoms with Gasteiger partial charge in [0, 0.05) is 12.8 Å². The lowest BCUT2D eigenvalue weighted by molar-refractivity contribution is -0.143. The minimum absolute atomic E-state index is 0.0245. The van der Waals surface area contributed by atoms with Crippen LogP contribution in [0, 0.1) is 0 Å². The Morgan fingerprint density at radius 3 is 0.800 bits per heavy atom. The molecule has 0 aliphatic carbocycles. The fourth-order valence-corrected chi connectivity index (χ4v) is 14.3. The van der Waals surface area contributed by atoms with Gasteiger partial charge in [0.2, 0.25) is 5.91 Å². The Labute approximate surface area is 596 Å². The molecule has 0 spiro atoms. The van der Waals surface area contributed by atoms with Crippen LogP contribution < -0.4 is 5.32 Å². The second-order valence-electron chi connectivity index (χ2n) is 30.6. The lowest BCUT2D eigenvalue weighted by Crippen LogP contribution is -2.45. The van der Waals surface area contributed by atoms with E-state index in [0.29, 0.717) is 25.9 Å². The number of carbonyl (C=O) groups excluding carboxylic acids is 2. The van der Waals surface area contributed by atoms with E-state index in [2.05, 4.69) is 43.5 Å². The highest BCUT2D eigenvalue weighted by Gasteiger charge is 2.20. The van der Waals surface area contributed by atoms with Crippen molar-refractivity contribution in [3.05, 3.63) is 24.3 Å². The molecule has 0 bridgehead atoms. The third-order valence-electron chi connectivity index (χ3n) is 21.0. The minimum atomic E-state index is -0.664. The van der Waals surface area contributed by atoms with Crippen molar-refractivity contribution in [2.75, 3.05) is 13.2 Å². The highest BCUT2D eigenvalue weighted by molar-refractivity contribution is 5.76. The average molecular weight is 1340 g/mol. The number of ether oxygens (including phenoxy) is 1. The molecule has 0 fully saturated rings. The molecular formula is C89H173NO5. The number of amides is 1. The maximum atomic E-state index is 12.6. The number of aliphatic hydroxyl groups is 2. The van der Waals surface area contributed by atoms with Gasteiger partial charge in [-0.2, -0.15) is 0 Å². The summed E-state index contributed by atoms with van der Waals surface area (Å²) in [5, 5.41) is 23.5. The molecule has 0 aliphatic heterocycles. The van der Waals surface area contributed by atoms with Crippen LogP contribution in [-0.4, -0.2) is 47.4 Å².